The molecule has 4 nitrogen and oxygen atoms in total. The van der Waals surface area contributed by atoms with Crippen LogP contribution in [0.25, 0.3) is 0 Å². The van der Waals surface area contributed by atoms with E-state index in [2.05, 4.69) is 5.73 Å². The lowest BCUT2D eigenvalue weighted by molar-refractivity contribution is -0.135. The first-order chi connectivity index (χ1) is 4.46. The monoisotopic (exact) mass is 153 g/mol. The minimum absolute atomic E-state index is 1.33. The summed E-state index contributed by atoms with van der Waals surface area (Å²) in [7, 11) is 0. The molecule has 0 spiro atoms. The van der Waals surface area contributed by atoms with Gasteiger partial charge in [0.1, 0.15) is 5.70 Å². The van der Waals surface area contributed by atoms with Crippen molar-refractivity contribution in [3.8, 4) is 0 Å². The molecule has 0 saturated heterocycles. The highest BCUT2D eigenvalue weighted by Gasteiger charge is 2.17. The molecular weight excluding hydrogens is 148 g/mol. The van der Waals surface area contributed by atoms with Gasteiger partial charge in [-0.2, -0.15) is 0 Å². The van der Waals surface area contributed by atoms with E-state index < -0.39 is 23.9 Å². The van der Waals surface area contributed by atoms with Crippen molar-refractivity contribution in [3.63, 3.8) is 0 Å². The van der Waals surface area contributed by atoms with Gasteiger partial charge >= 0.3 is 5.97 Å². The van der Waals surface area contributed by atoms with Crippen LogP contribution < -0.4 is 5.73 Å². The molecule has 10 heavy (non-hydrogen) atoms. The Bertz CT molecular complexity index is 177. The molecule has 0 radical (unpaired) electrons. The van der Waals surface area contributed by atoms with E-state index in [0.29, 0.717) is 0 Å². The number of carboxylic acid groups (broad SMARTS) is 1. The number of aliphatic carboxylic acids is 1. The summed E-state index contributed by atoms with van der Waals surface area (Å²) in [5, 5.41) is 16.1. The number of allylic oxidation sites excluding steroid dienone is 1. The summed E-state index contributed by atoms with van der Waals surface area (Å²) >= 11 is 0. The highest BCUT2D eigenvalue weighted by atomic mass is 19.3. The summed E-state index contributed by atoms with van der Waals surface area (Å²) in [5.74, 6) is -3.37. The van der Waals surface area contributed by atoms with Gasteiger partial charge in [-0.15, -0.1) is 0 Å². The Morgan fingerprint density at radius 1 is 1.40 bits per heavy atom. The van der Waals surface area contributed by atoms with Gasteiger partial charge in [-0.25, -0.2) is 13.6 Å². The first kappa shape index (κ1) is 8.67. The van der Waals surface area contributed by atoms with E-state index in [1.165, 1.54) is 0 Å². The van der Waals surface area contributed by atoms with Crippen molar-refractivity contribution in [3.05, 3.63) is 11.5 Å². The maximum absolute atomic E-state index is 11.4. The zero-order chi connectivity index (χ0) is 8.31. The topological polar surface area (TPSA) is 83.5 Å². The zero-order valence-electron chi connectivity index (χ0n) is 4.71. The van der Waals surface area contributed by atoms with Crippen LogP contribution >= 0.6 is 0 Å². The fourth-order valence-corrected chi connectivity index (χ4v) is 0.227. The molecular formula is C4H5F2NO3. The van der Waals surface area contributed by atoms with Gasteiger partial charge in [-0.1, -0.05) is 0 Å². The number of aliphatic hydroxyl groups excluding tert-OH is 1. The van der Waals surface area contributed by atoms with E-state index >= 15 is 0 Å². The molecule has 0 atom stereocenters. The van der Waals surface area contributed by atoms with Gasteiger partial charge in [0.2, 0.25) is 5.76 Å². The van der Waals surface area contributed by atoms with Crippen LogP contribution in [0.3, 0.4) is 0 Å². The predicted molar refractivity (Wildman–Crippen MR) is 27.5 cm³/mol. The van der Waals surface area contributed by atoms with Crippen molar-refractivity contribution >= 4 is 5.97 Å². The highest BCUT2D eigenvalue weighted by molar-refractivity contribution is 5.84. The second-order valence-electron chi connectivity index (χ2n) is 1.41. The van der Waals surface area contributed by atoms with Crippen LogP contribution in [0.1, 0.15) is 0 Å². The Kier molecular flexibility index (Phi) is 2.60. The third kappa shape index (κ3) is 1.88. The van der Waals surface area contributed by atoms with Crippen LogP contribution in [0.2, 0.25) is 0 Å². The summed E-state index contributed by atoms with van der Waals surface area (Å²) in [6.07, 6.45) is -3.14. The first-order valence-electron chi connectivity index (χ1n) is 2.17. The van der Waals surface area contributed by atoms with Gasteiger partial charge in [-0.05, 0) is 0 Å². The molecule has 58 valence electrons. The number of nitrogens with two attached hydrogens (primary N) is 1. The first-order valence-corrected chi connectivity index (χ1v) is 2.17. The van der Waals surface area contributed by atoms with Crippen LogP contribution in [0, 0.1) is 0 Å². The summed E-state index contributed by atoms with van der Waals surface area (Å²) < 4.78 is 22.9. The zero-order valence-corrected chi connectivity index (χ0v) is 4.71. The molecule has 0 aromatic carbocycles. The lowest BCUT2D eigenvalue weighted by Gasteiger charge is -1.98. The number of rotatable bonds is 2. The number of carbonyl (C=O) groups is 1. The Morgan fingerprint density at radius 2 is 1.80 bits per heavy atom. The van der Waals surface area contributed by atoms with E-state index in [0.717, 1.165) is 0 Å². The van der Waals surface area contributed by atoms with Crippen molar-refractivity contribution in [1.82, 2.24) is 0 Å². The molecule has 0 aliphatic heterocycles. The SMILES string of the molecule is N/C(=C(\O)C(=O)O)C(F)F. The molecule has 6 heteroatoms. The third-order valence-electron chi connectivity index (χ3n) is 0.711. The Labute approximate surface area is 54.6 Å². The maximum atomic E-state index is 11.4. The second kappa shape index (κ2) is 3.00. The average Bonchev–Trinajstić information content (AvgIpc) is 1.84. The smallest absolute Gasteiger partial charge is 0.373 e. The number of alkyl halides is 2. The van der Waals surface area contributed by atoms with Crippen LogP contribution in [0.4, 0.5) is 8.78 Å². The van der Waals surface area contributed by atoms with Gasteiger partial charge in [-0.3, -0.25) is 0 Å². The van der Waals surface area contributed by atoms with E-state index in [9.17, 15) is 13.6 Å². The van der Waals surface area contributed by atoms with E-state index in [-0.39, 0.29) is 0 Å². The van der Waals surface area contributed by atoms with Crippen LogP contribution in [0.15, 0.2) is 11.5 Å². The van der Waals surface area contributed by atoms with Crippen LogP contribution in [-0.2, 0) is 4.79 Å². The predicted octanol–water partition coefficient (Wildman–Crippen LogP) is 0.0644. The number of halogens is 2. The molecule has 0 aromatic rings. The minimum atomic E-state index is -3.14. The average molecular weight is 153 g/mol. The highest BCUT2D eigenvalue weighted by Crippen LogP contribution is 2.05. The molecule has 0 heterocycles. The van der Waals surface area contributed by atoms with Crippen LogP contribution in [-0.4, -0.2) is 22.6 Å². The largest absolute Gasteiger partial charge is 0.500 e. The molecule has 4 N–H and O–H groups in total. The standard InChI is InChI=1S/C4H5F2NO3/c5-3(6)1(7)2(8)4(9)10/h3,8H,7H2,(H,9,10)/b2-1-. The van der Waals surface area contributed by atoms with E-state index in [1.807, 2.05) is 0 Å². The Balaban J connectivity index is 4.50. The van der Waals surface area contributed by atoms with E-state index in [4.69, 9.17) is 10.2 Å². The van der Waals surface area contributed by atoms with Crippen molar-refractivity contribution < 1.29 is 23.8 Å². The summed E-state index contributed by atoms with van der Waals surface area (Å²) in [5.41, 5.74) is 3.13. The van der Waals surface area contributed by atoms with E-state index in [1.54, 1.807) is 0 Å². The quantitative estimate of drug-likeness (QED) is 0.387. The summed E-state index contributed by atoms with van der Waals surface area (Å²) in [6.45, 7) is 0. The molecule has 0 rings (SSSR count). The van der Waals surface area contributed by atoms with Gasteiger partial charge in [0.15, 0.2) is 0 Å². The lowest BCUT2D eigenvalue weighted by atomic mass is 10.4. The minimum Gasteiger partial charge on any atom is -0.500 e. The Morgan fingerprint density at radius 3 is 1.90 bits per heavy atom. The number of carboxylic acids is 1. The van der Waals surface area contributed by atoms with Crippen molar-refractivity contribution in [2.75, 3.05) is 0 Å². The molecule has 0 saturated carbocycles. The van der Waals surface area contributed by atoms with Crippen molar-refractivity contribution in [2.45, 2.75) is 6.43 Å². The van der Waals surface area contributed by atoms with Gasteiger partial charge in [0.25, 0.3) is 6.43 Å². The molecule has 0 aromatic heterocycles. The van der Waals surface area contributed by atoms with Crippen molar-refractivity contribution in [1.29, 1.82) is 0 Å². The van der Waals surface area contributed by atoms with Gasteiger partial charge in [0.05, 0.1) is 0 Å². The van der Waals surface area contributed by atoms with Gasteiger partial charge in [0, 0.05) is 0 Å². The third-order valence-corrected chi connectivity index (χ3v) is 0.711. The fraction of sp³-hybridized carbons (Fsp3) is 0.250. The number of hydrogen-bond donors (Lipinski definition) is 3. The molecule has 0 aliphatic rings. The second-order valence-corrected chi connectivity index (χ2v) is 1.41. The normalized spacial score (nSPS) is 13.1. The summed E-state index contributed by atoms with van der Waals surface area (Å²) in [4.78, 5) is 9.72. The number of hydrogen-bond acceptors (Lipinski definition) is 3. The molecule has 0 amide bonds. The van der Waals surface area contributed by atoms with Crippen molar-refractivity contribution in [2.24, 2.45) is 5.73 Å². The maximum Gasteiger partial charge on any atom is 0.373 e. The summed E-state index contributed by atoms with van der Waals surface area (Å²) in [6, 6.07) is 0. The molecule has 0 bridgehead atoms. The molecule has 0 aliphatic carbocycles. The van der Waals surface area contributed by atoms with Gasteiger partial charge < -0.3 is 15.9 Å². The molecule has 0 fully saturated rings. The number of aliphatic hydroxyl groups is 1. The Hall–Kier alpha value is -1.33. The lowest BCUT2D eigenvalue weighted by Crippen LogP contribution is -2.16. The van der Waals surface area contributed by atoms with Crippen LogP contribution in [0.5, 0.6) is 0 Å². The fourth-order valence-electron chi connectivity index (χ4n) is 0.227. The molecule has 0 unspecified atom stereocenters.